The fraction of sp³-hybridized carbons (Fsp3) is 0.118. The summed E-state index contributed by atoms with van der Waals surface area (Å²) in [4.78, 5) is 4.80. The van der Waals surface area contributed by atoms with E-state index in [4.69, 9.17) is 9.15 Å². The first-order valence-corrected chi connectivity index (χ1v) is 8.25. The van der Waals surface area contributed by atoms with Crippen LogP contribution in [-0.4, -0.2) is 21.4 Å². The summed E-state index contributed by atoms with van der Waals surface area (Å²) in [5.74, 6) is 1.95. The molecule has 3 aromatic rings. The number of rotatable bonds is 5. The van der Waals surface area contributed by atoms with Gasteiger partial charge in [-0.1, -0.05) is 12.1 Å². The molecular formula is C17H15NO4S. The average Bonchev–Trinajstić information content (AvgIpc) is 3.03. The molecule has 0 saturated carbocycles. The highest BCUT2D eigenvalue weighted by Gasteiger charge is 2.13. The van der Waals surface area contributed by atoms with Gasteiger partial charge in [-0.15, -0.1) is 0 Å². The van der Waals surface area contributed by atoms with Gasteiger partial charge in [0.25, 0.3) is 0 Å². The normalized spacial score (nSPS) is 12.0. The number of aromatic nitrogens is 1. The summed E-state index contributed by atoms with van der Waals surface area (Å²) in [7, 11) is 0.302. The van der Waals surface area contributed by atoms with Gasteiger partial charge in [0.15, 0.2) is 5.76 Å². The second kappa shape index (κ2) is 6.66. The Kier molecular flexibility index (Phi) is 4.43. The zero-order valence-electron chi connectivity index (χ0n) is 12.4. The maximum Gasteiger partial charge on any atom is 0.207 e. The Morgan fingerprint density at radius 2 is 1.91 bits per heavy atom. The molecule has 0 spiro atoms. The Morgan fingerprint density at radius 3 is 2.65 bits per heavy atom. The Labute approximate surface area is 136 Å². The van der Waals surface area contributed by atoms with Crippen LogP contribution in [0.2, 0.25) is 0 Å². The molecule has 0 aliphatic carbocycles. The molecule has 0 unspecified atom stereocenters. The van der Waals surface area contributed by atoms with Crippen LogP contribution in [0.15, 0.2) is 64.0 Å². The van der Waals surface area contributed by atoms with E-state index in [0.29, 0.717) is 22.3 Å². The first-order chi connectivity index (χ1) is 11.2. The van der Waals surface area contributed by atoms with Gasteiger partial charge < -0.3 is 14.3 Å². The second-order valence-electron chi connectivity index (χ2n) is 4.80. The fourth-order valence-electron chi connectivity index (χ4n) is 2.14. The molecule has 0 amide bonds. The van der Waals surface area contributed by atoms with Gasteiger partial charge in [-0.3, -0.25) is 4.21 Å². The van der Waals surface area contributed by atoms with Crippen LogP contribution < -0.4 is 4.74 Å². The van der Waals surface area contributed by atoms with Gasteiger partial charge in [0.05, 0.1) is 29.7 Å². The van der Waals surface area contributed by atoms with E-state index in [9.17, 15) is 9.32 Å². The van der Waals surface area contributed by atoms with E-state index >= 15 is 0 Å². The van der Waals surface area contributed by atoms with E-state index in [1.165, 1.54) is 12.1 Å². The third-order valence-corrected chi connectivity index (χ3v) is 4.59. The van der Waals surface area contributed by atoms with Crippen LogP contribution in [0.1, 0.15) is 5.89 Å². The number of phenolic OH excluding ortho intramolecular Hbond substituents is 1. The molecule has 118 valence electrons. The largest absolute Gasteiger partial charge is 0.508 e. The van der Waals surface area contributed by atoms with Crippen LogP contribution in [0.25, 0.3) is 11.3 Å². The summed E-state index contributed by atoms with van der Waals surface area (Å²) in [6, 6.07) is 13.7. The molecule has 23 heavy (non-hydrogen) atoms. The van der Waals surface area contributed by atoms with Gasteiger partial charge in [-0.05, 0) is 36.4 Å². The van der Waals surface area contributed by atoms with Gasteiger partial charge in [0.2, 0.25) is 5.89 Å². The second-order valence-corrected chi connectivity index (χ2v) is 6.25. The lowest BCUT2D eigenvalue weighted by Crippen LogP contribution is -1.96. The number of hydrogen-bond acceptors (Lipinski definition) is 5. The number of para-hydroxylation sites is 1. The highest BCUT2D eigenvalue weighted by Crippen LogP contribution is 2.30. The summed E-state index contributed by atoms with van der Waals surface area (Å²) < 4.78 is 23.3. The van der Waals surface area contributed by atoms with Crippen LogP contribution in [0.5, 0.6) is 11.5 Å². The average molecular weight is 329 g/mol. The summed E-state index contributed by atoms with van der Waals surface area (Å²) in [5, 5.41) is 9.27. The Hall–Kier alpha value is -2.60. The first kappa shape index (κ1) is 15.3. The quantitative estimate of drug-likeness (QED) is 0.777. The van der Waals surface area contributed by atoms with E-state index in [1.54, 1.807) is 25.4 Å². The van der Waals surface area contributed by atoms with Crippen molar-refractivity contribution >= 4 is 10.8 Å². The fourth-order valence-corrected chi connectivity index (χ4v) is 3.11. The zero-order chi connectivity index (χ0) is 16.2. The number of hydrogen-bond donors (Lipinski definition) is 1. The first-order valence-electron chi connectivity index (χ1n) is 6.93. The number of phenols is 1. The minimum Gasteiger partial charge on any atom is -0.508 e. The Balaban J connectivity index is 1.79. The van der Waals surface area contributed by atoms with Crippen LogP contribution >= 0.6 is 0 Å². The minimum atomic E-state index is -1.29. The molecular weight excluding hydrogens is 314 g/mol. The maximum absolute atomic E-state index is 12.3. The van der Waals surface area contributed by atoms with Crippen LogP contribution in [-0.2, 0) is 16.6 Å². The molecule has 1 N–H and O–H groups in total. The van der Waals surface area contributed by atoms with Crippen molar-refractivity contribution in [3.05, 3.63) is 60.6 Å². The van der Waals surface area contributed by atoms with Crippen LogP contribution in [0.4, 0.5) is 0 Å². The molecule has 1 aromatic heterocycles. The van der Waals surface area contributed by atoms with E-state index in [1.807, 2.05) is 24.3 Å². The third-order valence-electron chi connectivity index (χ3n) is 3.28. The molecule has 0 aliphatic rings. The van der Waals surface area contributed by atoms with Gasteiger partial charge in [0.1, 0.15) is 17.3 Å². The molecule has 1 atom stereocenters. The Morgan fingerprint density at radius 1 is 1.17 bits per heavy atom. The van der Waals surface area contributed by atoms with Crippen molar-refractivity contribution in [3.8, 4) is 22.8 Å². The lowest BCUT2D eigenvalue weighted by atomic mass is 10.1. The summed E-state index contributed by atoms with van der Waals surface area (Å²) in [5.41, 5.74) is 0.796. The summed E-state index contributed by atoms with van der Waals surface area (Å²) in [6.45, 7) is 0. The highest BCUT2D eigenvalue weighted by atomic mass is 32.2. The van der Waals surface area contributed by atoms with Crippen molar-refractivity contribution in [2.75, 3.05) is 7.11 Å². The van der Waals surface area contributed by atoms with Crippen molar-refractivity contribution in [1.82, 2.24) is 4.98 Å². The maximum atomic E-state index is 12.3. The smallest absolute Gasteiger partial charge is 0.207 e. The molecule has 1 heterocycles. The number of methoxy groups -OCH3 is 1. The minimum absolute atomic E-state index is 0.139. The molecule has 0 bridgehead atoms. The molecule has 0 saturated heterocycles. The van der Waals surface area contributed by atoms with Crippen molar-refractivity contribution in [3.63, 3.8) is 0 Å². The molecule has 0 aliphatic heterocycles. The number of benzene rings is 2. The molecule has 3 rings (SSSR count). The van der Waals surface area contributed by atoms with Crippen LogP contribution in [0.3, 0.4) is 0 Å². The number of aromatic hydroxyl groups is 1. The molecule has 2 aromatic carbocycles. The zero-order valence-corrected chi connectivity index (χ0v) is 13.2. The third kappa shape index (κ3) is 3.43. The SMILES string of the molecule is COc1ccccc1-c1cnc(C[S@@](=O)c2ccc(O)cc2)o1. The predicted molar refractivity (Wildman–Crippen MR) is 86.7 cm³/mol. The van der Waals surface area contributed by atoms with Gasteiger partial charge in [-0.2, -0.15) is 0 Å². The van der Waals surface area contributed by atoms with E-state index in [-0.39, 0.29) is 11.5 Å². The van der Waals surface area contributed by atoms with E-state index < -0.39 is 10.8 Å². The topological polar surface area (TPSA) is 72.6 Å². The van der Waals surface area contributed by atoms with Crippen molar-refractivity contribution < 1.29 is 18.5 Å². The van der Waals surface area contributed by atoms with Gasteiger partial charge >= 0.3 is 0 Å². The van der Waals surface area contributed by atoms with Gasteiger partial charge in [-0.25, -0.2) is 4.98 Å². The molecule has 0 radical (unpaired) electrons. The predicted octanol–water partition coefficient (Wildman–Crippen LogP) is 3.36. The lowest BCUT2D eigenvalue weighted by Gasteiger charge is -2.04. The molecule has 6 heteroatoms. The number of ether oxygens (including phenoxy) is 1. The van der Waals surface area contributed by atoms with Crippen molar-refractivity contribution in [2.45, 2.75) is 10.6 Å². The van der Waals surface area contributed by atoms with Gasteiger partial charge in [0, 0.05) is 4.90 Å². The van der Waals surface area contributed by atoms with Crippen molar-refractivity contribution in [1.29, 1.82) is 0 Å². The highest BCUT2D eigenvalue weighted by molar-refractivity contribution is 7.84. The van der Waals surface area contributed by atoms with E-state index in [0.717, 1.165) is 5.56 Å². The van der Waals surface area contributed by atoms with Crippen LogP contribution in [0, 0.1) is 0 Å². The lowest BCUT2D eigenvalue weighted by molar-refractivity contribution is 0.414. The molecule has 5 nitrogen and oxygen atoms in total. The summed E-state index contributed by atoms with van der Waals surface area (Å²) in [6.07, 6.45) is 1.60. The summed E-state index contributed by atoms with van der Waals surface area (Å²) >= 11 is 0. The number of oxazole rings is 1. The van der Waals surface area contributed by atoms with E-state index in [2.05, 4.69) is 4.98 Å². The Bertz CT molecular complexity index is 827. The molecule has 0 fully saturated rings. The van der Waals surface area contributed by atoms with Crippen molar-refractivity contribution in [2.24, 2.45) is 0 Å². The standard InChI is InChI=1S/C17H15NO4S/c1-21-15-5-3-2-4-14(15)16-10-18-17(22-16)11-23(20)13-8-6-12(19)7-9-13/h2-10,19H,11H2,1H3/t23-/m1/s1. The monoisotopic (exact) mass is 329 g/mol. The number of nitrogens with zero attached hydrogens (tertiary/aromatic N) is 1.